The lowest BCUT2D eigenvalue weighted by molar-refractivity contribution is 0.0393. The maximum Gasteiger partial charge on any atom is 0.341 e. The van der Waals surface area contributed by atoms with Gasteiger partial charge in [0.25, 0.3) is 0 Å². The number of hydrogen-bond acceptors (Lipinski definition) is 6. The highest BCUT2D eigenvalue weighted by molar-refractivity contribution is 5.93. The normalized spacial score (nSPS) is 11.2. The van der Waals surface area contributed by atoms with E-state index < -0.39 is 11.9 Å². The fourth-order valence-corrected chi connectivity index (χ4v) is 7.48. The van der Waals surface area contributed by atoms with E-state index in [9.17, 15) is 19.8 Å². The predicted octanol–water partition coefficient (Wildman–Crippen LogP) is 14.5. The Morgan fingerprint density at radius 2 is 0.673 bits per heavy atom. The third kappa shape index (κ3) is 23.0. The maximum absolute atomic E-state index is 12.7. The predicted molar refractivity (Wildman–Crippen MR) is 229 cm³/mol. The smallest absolute Gasteiger partial charge is 0.341 e. The van der Waals surface area contributed by atoms with Crippen molar-refractivity contribution in [2.24, 2.45) is 0 Å². The molecule has 0 radical (unpaired) electrons. The molecule has 6 nitrogen and oxygen atoms in total. The van der Waals surface area contributed by atoms with E-state index in [-0.39, 0.29) is 35.8 Å². The van der Waals surface area contributed by atoms with Crippen LogP contribution in [-0.4, -0.2) is 35.4 Å². The fraction of sp³-hybridized carbons (Fsp3) is 0.714. The van der Waals surface area contributed by atoms with E-state index in [1.807, 2.05) is 12.1 Å². The van der Waals surface area contributed by atoms with Crippen molar-refractivity contribution in [1.29, 1.82) is 0 Å². The topological polar surface area (TPSA) is 93.1 Å². The minimum Gasteiger partial charge on any atom is -0.507 e. The van der Waals surface area contributed by atoms with Gasteiger partial charge in [-0.25, -0.2) is 9.59 Å². The van der Waals surface area contributed by atoms with Gasteiger partial charge in [0.15, 0.2) is 0 Å². The summed E-state index contributed by atoms with van der Waals surface area (Å²) in [5.41, 5.74) is 1.88. The van der Waals surface area contributed by atoms with Crippen LogP contribution in [0.2, 0.25) is 0 Å². The molecule has 0 amide bonds. The van der Waals surface area contributed by atoms with Crippen molar-refractivity contribution in [2.45, 2.75) is 213 Å². The van der Waals surface area contributed by atoms with Gasteiger partial charge in [-0.3, -0.25) is 0 Å². The van der Waals surface area contributed by atoms with Crippen molar-refractivity contribution >= 4 is 11.9 Å². The first kappa shape index (κ1) is 48.1. The molecule has 2 rings (SSSR count). The fourth-order valence-electron chi connectivity index (χ4n) is 7.48. The van der Waals surface area contributed by atoms with E-state index in [0.717, 1.165) is 49.7 Å². The monoisotopic (exact) mass is 765 g/mol. The number of benzene rings is 2. The minimum absolute atomic E-state index is 0.00179. The molecule has 55 heavy (non-hydrogen) atoms. The summed E-state index contributed by atoms with van der Waals surface area (Å²) in [5.74, 6) is -1.17. The molecule has 0 bridgehead atoms. The van der Waals surface area contributed by atoms with Gasteiger partial charge in [0, 0.05) is 6.42 Å². The number of phenolic OH excluding ortho intramolecular Hbond substituents is 2. The summed E-state index contributed by atoms with van der Waals surface area (Å²) >= 11 is 0. The highest BCUT2D eigenvalue weighted by Gasteiger charge is 2.17. The van der Waals surface area contributed by atoms with Crippen LogP contribution in [0.4, 0.5) is 0 Å². The number of rotatable bonds is 36. The third-order valence-corrected chi connectivity index (χ3v) is 11.0. The molecule has 0 atom stereocenters. The van der Waals surface area contributed by atoms with Gasteiger partial charge in [-0.2, -0.15) is 0 Å². The van der Waals surface area contributed by atoms with E-state index in [4.69, 9.17) is 9.47 Å². The molecule has 0 spiro atoms. The van der Waals surface area contributed by atoms with Crippen LogP contribution < -0.4 is 0 Å². The Bertz CT molecular complexity index is 1160. The van der Waals surface area contributed by atoms with Gasteiger partial charge in [0.2, 0.25) is 0 Å². The molecule has 2 aromatic carbocycles. The summed E-state index contributed by atoms with van der Waals surface area (Å²) < 4.78 is 10.8. The highest BCUT2D eigenvalue weighted by atomic mass is 16.5. The van der Waals surface area contributed by atoms with Gasteiger partial charge in [-0.05, 0) is 48.9 Å². The van der Waals surface area contributed by atoms with Crippen LogP contribution in [0.15, 0.2) is 36.4 Å². The summed E-state index contributed by atoms with van der Waals surface area (Å²) in [4.78, 5) is 25.5. The van der Waals surface area contributed by atoms with Crippen LogP contribution in [0, 0.1) is 0 Å². The molecule has 2 N–H and O–H groups in total. The van der Waals surface area contributed by atoms with Crippen molar-refractivity contribution < 1.29 is 29.3 Å². The minimum atomic E-state index is -0.583. The summed E-state index contributed by atoms with van der Waals surface area (Å²) in [5, 5.41) is 21.6. The Hall–Kier alpha value is -3.02. The average Bonchev–Trinajstić information content (AvgIpc) is 3.19. The molecule has 0 fully saturated rings. The number of aryl methyl sites for hydroxylation is 2. The third-order valence-electron chi connectivity index (χ3n) is 11.0. The van der Waals surface area contributed by atoms with Gasteiger partial charge in [0.05, 0.1) is 13.2 Å². The number of ether oxygens (including phenoxy) is 2. The lowest BCUT2D eigenvalue weighted by Gasteiger charge is -2.11. The van der Waals surface area contributed by atoms with E-state index in [2.05, 4.69) is 13.8 Å². The second-order valence-electron chi connectivity index (χ2n) is 15.9. The lowest BCUT2D eigenvalue weighted by atomic mass is 10.0. The first-order chi connectivity index (χ1) is 27.0. The summed E-state index contributed by atoms with van der Waals surface area (Å²) in [7, 11) is 0. The molecule has 0 aliphatic rings. The largest absolute Gasteiger partial charge is 0.507 e. The number of aromatic hydroxyl groups is 2. The second kappa shape index (κ2) is 33.2. The SMILES string of the molecule is CCCCCCCCCCCCCCCCc1cccc(C(=O)OCCCOC(=O)c2cccc(CCCCCCCCCCCCCCCC)c2O)c1O. The van der Waals surface area contributed by atoms with Gasteiger partial charge in [-0.15, -0.1) is 0 Å². The van der Waals surface area contributed by atoms with Crippen molar-refractivity contribution in [3.63, 3.8) is 0 Å². The molecule has 312 valence electrons. The second-order valence-corrected chi connectivity index (χ2v) is 15.9. The quantitative estimate of drug-likeness (QED) is 0.0530. The number of unbranched alkanes of at least 4 members (excludes halogenated alkanes) is 26. The molecule has 0 saturated heterocycles. The van der Waals surface area contributed by atoms with Crippen molar-refractivity contribution in [1.82, 2.24) is 0 Å². The Morgan fingerprint density at radius 3 is 0.964 bits per heavy atom. The van der Waals surface area contributed by atoms with Crippen LogP contribution in [0.25, 0.3) is 0 Å². The van der Waals surface area contributed by atoms with Crippen LogP contribution in [0.3, 0.4) is 0 Å². The highest BCUT2D eigenvalue weighted by Crippen LogP contribution is 2.27. The maximum atomic E-state index is 12.7. The van der Waals surface area contributed by atoms with E-state index in [0.29, 0.717) is 6.42 Å². The van der Waals surface area contributed by atoms with Gasteiger partial charge >= 0.3 is 11.9 Å². The number of phenols is 2. The summed E-state index contributed by atoms with van der Waals surface area (Å²) in [6, 6.07) is 10.5. The number of carbonyl (C=O) groups is 2. The molecule has 6 heteroatoms. The van der Waals surface area contributed by atoms with E-state index >= 15 is 0 Å². The van der Waals surface area contributed by atoms with Crippen LogP contribution in [-0.2, 0) is 22.3 Å². The molecule has 0 aliphatic carbocycles. The Balaban J connectivity index is 1.55. The Labute approximate surface area is 336 Å². The summed E-state index contributed by atoms with van der Waals surface area (Å²) in [6.07, 6.45) is 38.2. The van der Waals surface area contributed by atoms with Gasteiger partial charge in [-0.1, -0.05) is 205 Å². The molecule has 0 heterocycles. The molecule has 0 saturated carbocycles. The van der Waals surface area contributed by atoms with E-state index in [1.165, 1.54) is 154 Å². The zero-order valence-electron chi connectivity index (χ0n) is 35.3. The molecule has 2 aromatic rings. The Kier molecular flexibility index (Phi) is 29.0. The van der Waals surface area contributed by atoms with Crippen LogP contribution in [0.5, 0.6) is 11.5 Å². The first-order valence-electron chi connectivity index (χ1n) is 23.0. The number of carbonyl (C=O) groups excluding carboxylic acids is 2. The standard InChI is InChI=1S/C49H80O6/c1-3-5-7-9-11-13-15-17-19-21-23-25-27-29-34-42-36-31-38-44(46(42)50)48(52)54-40-33-41-55-49(53)45-39-32-37-43(47(45)51)35-30-28-26-24-22-20-18-16-14-12-10-8-6-4-2/h31-32,36-39,50-51H,3-30,33-35,40-41H2,1-2H3. The van der Waals surface area contributed by atoms with Gasteiger partial charge in [0.1, 0.15) is 22.6 Å². The lowest BCUT2D eigenvalue weighted by Crippen LogP contribution is -2.12. The van der Waals surface area contributed by atoms with E-state index in [1.54, 1.807) is 24.3 Å². The van der Waals surface area contributed by atoms with Crippen molar-refractivity contribution in [2.75, 3.05) is 13.2 Å². The summed E-state index contributed by atoms with van der Waals surface area (Å²) in [6.45, 7) is 4.64. The van der Waals surface area contributed by atoms with Crippen molar-refractivity contribution in [3.05, 3.63) is 58.7 Å². The molecule has 0 aromatic heterocycles. The first-order valence-corrected chi connectivity index (χ1v) is 23.0. The van der Waals surface area contributed by atoms with Gasteiger partial charge < -0.3 is 19.7 Å². The van der Waals surface area contributed by atoms with Crippen molar-refractivity contribution in [3.8, 4) is 11.5 Å². The molecular weight excluding hydrogens is 685 g/mol. The zero-order valence-corrected chi connectivity index (χ0v) is 35.3. The zero-order chi connectivity index (χ0) is 39.6. The molecular formula is C49H80O6. The molecule has 0 unspecified atom stereocenters. The number of hydrogen-bond donors (Lipinski definition) is 2. The number of esters is 2. The Morgan fingerprint density at radius 1 is 0.400 bits per heavy atom. The molecule has 0 aliphatic heterocycles. The average molecular weight is 765 g/mol. The van der Waals surface area contributed by atoms with Crippen LogP contribution in [0.1, 0.15) is 232 Å². The van der Waals surface area contributed by atoms with Crippen LogP contribution >= 0.6 is 0 Å². The number of para-hydroxylation sites is 2.